The summed E-state index contributed by atoms with van der Waals surface area (Å²) < 4.78 is 5.10. The van der Waals surface area contributed by atoms with Gasteiger partial charge in [0.15, 0.2) is 0 Å². The molecule has 0 spiro atoms. The highest BCUT2D eigenvalue weighted by Crippen LogP contribution is 2.01. The zero-order valence-corrected chi connectivity index (χ0v) is 8.15. The van der Waals surface area contributed by atoms with Crippen LogP contribution in [-0.2, 0) is 6.54 Å². The lowest BCUT2D eigenvalue weighted by atomic mass is 10.4. The van der Waals surface area contributed by atoms with Crippen LogP contribution in [0, 0.1) is 6.92 Å². The van der Waals surface area contributed by atoms with Crippen molar-refractivity contribution in [2.24, 2.45) is 0 Å². The van der Waals surface area contributed by atoms with E-state index in [9.17, 15) is 4.79 Å². The minimum Gasteiger partial charge on any atom is -0.467 e. The van der Waals surface area contributed by atoms with E-state index < -0.39 is 0 Å². The molecular formula is C9H10N4O2. The van der Waals surface area contributed by atoms with Gasteiger partial charge in [-0.15, -0.1) is 10.2 Å². The number of anilines is 1. The lowest BCUT2D eigenvalue weighted by Gasteiger charge is -2.00. The molecule has 0 fully saturated rings. The van der Waals surface area contributed by atoms with Gasteiger partial charge < -0.3 is 14.7 Å². The molecule has 15 heavy (non-hydrogen) atoms. The first-order valence-corrected chi connectivity index (χ1v) is 4.45. The molecule has 2 aromatic heterocycles. The van der Waals surface area contributed by atoms with Crippen molar-refractivity contribution in [1.82, 2.24) is 15.2 Å². The molecule has 0 saturated carbocycles. The fourth-order valence-electron chi connectivity index (χ4n) is 1.12. The molecular weight excluding hydrogens is 196 g/mol. The number of aromatic amines is 1. The van der Waals surface area contributed by atoms with Gasteiger partial charge in [-0.3, -0.25) is 4.79 Å². The van der Waals surface area contributed by atoms with Crippen molar-refractivity contribution < 1.29 is 4.42 Å². The molecule has 2 aromatic rings. The molecule has 0 atom stereocenters. The van der Waals surface area contributed by atoms with Crippen LogP contribution in [-0.4, -0.2) is 15.2 Å². The lowest BCUT2D eigenvalue weighted by Crippen LogP contribution is -2.18. The number of hydrogen-bond acceptors (Lipinski definition) is 5. The molecule has 2 rings (SSSR count). The molecule has 0 saturated heterocycles. The molecule has 6 heteroatoms. The molecule has 0 amide bonds. The molecule has 0 bridgehead atoms. The minimum atomic E-state index is -0.283. The molecule has 78 valence electrons. The Labute approximate surface area is 85.4 Å². The van der Waals surface area contributed by atoms with Crippen LogP contribution in [0.5, 0.6) is 0 Å². The minimum absolute atomic E-state index is 0.192. The van der Waals surface area contributed by atoms with E-state index >= 15 is 0 Å². The van der Waals surface area contributed by atoms with Gasteiger partial charge in [0.05, 0.1) is 12.8 Å². The van der Waals surface area contributed by atoms with Gasteiger partial charge in [-0.1, -0.05) is 0 Å². The summed E-state index contributed by atoms with van der Waals surface area (Å²) in [7, 11) is 0. The summed E-state index contributed by atoms with van der Waals surface area (Å²) >= 11 is 0. The summed E-state index contributed by atoms with van der Waals surface area (Å²) in [6, 6.07) is 3.59. The van der Waals surface area contributed by atoms with E-state index in [0.717, 1.165) is 5.76 Å². The lowest BCUT2D eigenvalue weighted by molar-refractivity contribution is 0.517. The summed E-state index contributed by atoms with van der Waals surface area (Å²) in [6.07, 6.45) is 1.57. The maximum Gasteiger partial charge on any atom is 0.293 e. The predicted octanol–water partition coefficient (Wildman–Crippen LogP) is 0.678. The van der Waals surface area contributed by atoms with Crippen molar-refractivity contribution in [2.45, 2.75) is 13.5 Å². The molecule has 2 N–H and O–H groups in total. The second kappa shape index (κ2) is 3.95. The number of H-pyrrole nitrogens is 1. The van der Waals surface area contributed by atoms with E-state index in [1.165, 1.54) is 0 Å². The third kappa shape index (κ3) is 2.22. The fraction of sp³-hybridized carbons (Fsp3) is 0.222. The summed E-state index contributed by atoms with van der Waals surface area (Å²) in [6.45, 7) is 2.08. The topological polar surface area (TPSA) is 83.8 Å². The van der Waals surface area contributed by atoms with Crippen molar-refractivity contribution in [1.29, 1.82) is 0 Å². The highest BCUT2D eigenvalue weighted by molar-refractivity contribution is 5.29. The van der Waals surface area contributed by atoms with E-state index in [-0.39, 0.29) is 11.4 Å². The zero-order valence-electron chi connectivity index (χ0n) is 8.15. The third-order valence-electron chi connectivity index (χ3n) is 1.82. The molecule has 6 nitrogen and oxygen atoms in total. The SMILES string of the molecule is Cc1nnc(NCc2ccco2)c(=O)[nH]1. The Balaban J connectivity index is 2.09. The number of rotatable bonds is 3. The number of aryl methyl sites for hydroxylation is 1. The number of nitrogens with one attached hydrogen (secondary N) is 2. The predicted molar refractivity (Wildman–Crippen MR) is 53.4 cm³/mol. The van der Waals surface area contributed by atoms with Crippen LogP contribution < -0.4 is 10.9 Å². The summed E-state index contributed by atoms with van der Waals surface area (Å²) in [4.78, 5) is 13.9. The van der Waals surface area contributed by atoms with Gasteiger partial charge in [-0.25, -0.2) is 0 Å². The van der Waals surface area contributed by atoms with Crippen molar-refractivity contribution in [3.63, 3.8) is 0 Å². The summed E-state index contributed by atoms with van der Waals surface area (Å²) in [5.74, 6) is 1.41. The van der Waals surface area contributed by atoms with Crippen LogP contribution in [0.2, 0.25) is 0 Å². The largest absolute Gasteiger partial charge is 0.467 e. The maximum absolute atomic E-state index is 11.3. The summed E-state index contributed by atoms with van der Waals surface area (Å²) in [5, 5.41) is 10.3. The Morgan fingerprint density at radius 3 is 3.07 bits per heavy atom. The highest BCUT2D eigenvalue weighted by atomic mass is 16.3. The molecule has 0 aliphatic rings. The van der Waals surface area contributed by atoms with Crippen LogP contribution in [0.1, 0.15) is 11.6 Å². The zero-order chi connectivity index (χ0) is 10.7. The fourth-order valence-corrected chi connectivity index (χ4v) is 1.12. The van der Waals surface area contributed by atoms with Crippen LogP contribution in [0.4, 0.5) is 5.82 Å². The first-order chi connectivity index (χ1) is 7.25. The maximum atomic E-state index is 11.3. The Bertz CT molecular complexity index is 489. The quantitative estimate of drug-likeness (QED) is 0.771. The Kier molecular flexibility index (Phi) is 2.49. The second-order valence-electron chi connectivity index (χ2n) is 3.02. The van der Waals surface area contributed by atoms with E-state index in [4.69, 9.17) is 4.42 Å². The number of aromatic nitrogens is 3. The van der Waals surface area contributed by atoms with Crippen molar-refractivity contribution >= 4 is 5.82 Å². The number of nitrogens with zero attached hydrogens (tertiary/aromatic N) is 2. The van der Waals surface area contributed by atoms with Gasteiger partial charge >= 0.3 is 0 Å². The van der Waals surface area contributed by atoms with Crippen LogP contribution in [0.3, 0.4) is 0 Å². The summed E-state index contributed by atoms with van der Waals surface area (Å²) in [5.41, 5.74) is -0.283. The molecule has 0 radical (unpaired) electrons. The second-order valence-corrected chi connectivity index (χ2v) is 3.02. The number of furan rings is 1. The van der Waals surface area contributed by atoms with Gasteiger partial charge in [0.25, 0.3) is 5.56 Å². The molecule has 0 aromatic carbocycles. The highest BCUT2D eigenvalue weighted by Gasteiger charge is 2.02. The van der Waals surface area contributed by atoms with Crippen LogP contribution >= 0.6 is 0 Å². The smallest absolute Gasteiger partial charge is 0.293 e. The van der Waals surface area contributed by atoms with E-state index in [2.05, 4.69) is 20.5 Å². The van der Waals surface area contributed by atoms with Gasteiger partial charge in [0.1, 0.15) is 11.6 Å². The molecule has 0 aliphatic carbocycles. The number of hydrogen-bond donors (Lipinski definition) is 2. The van der Waals surface area contributed by atoms with Crippen molar-refractivity contribution in [3.8, 4) is 0 Å². The van der Waals surface area contributed by atoms with E-state index in [1.54, 1.807) is 19.3 Å². The van der Waals surface area contributed by atoms with Crippen LogP contribution in [0.25, 0.3) is 0 Å². The van der Waals surface area contributed by atoms with Gasteiger partial charge in [0, 0.05) is 0 Å². The average Bonchev–Trinajstić information content (AvgIpc) is 2.69. The van der Waals surface area contributed by atoms with Gasteiger partial charge in [-0.05, 0) is 19.1 Å². The average molecular weight is 206 g/mol. The normalized spacial score (nSPS) is 10.2. The Morgan fingerprint density at radius 1 is 1.53 bits per heavy atom. The van der Waals surface area contributed by atoms with E-state index in [0.29, 0.717) is 12.4 Å². The molecule has 2 heterocycles. The van der Waals surface area contributed by atoms with Gasteiger partial charge in [-0.2, -0.15) is 0 Å². The molecule has 0 unspecified atom stereocenters. The van der Waals surface area contributed by atoms with Crippen molar-refractivity contribution in [2.75, 3.05) is 5.32 Å². The van der Waals surface area contributed by atoms with Gasteiger partial charge in [0.2, 0.25) is 5.82 Å². The first-order valence-electron chi connectivity index (χ1n) is 4.45. The molecule has 0 aliphatic heterocycles. The standard InChI is InChI=1S/C9H10N4O2/c1-6-11-9(14)8(13-12-6)10-5-7-3-2-4-15-7/h2-4H,5H2,1H3,(H,10,13)(H,11,12,14). The Hall–Kier alpha value is -2.11. The van der Waals surface area contributed by atoms with Crippen LogP contribution in [0.15, 0.2) is 27.6 Å². The third-order valence-corrected chi connectivity index (χ3v) is 1.82. The van der Waals surface area contributed by atoms with Crippen molar-refractivity contribution in [3.05, 3.63) is 40.3 Å². The Morgan fingerprint density at radius 2 is 2.40 bits per heavy atom. The van der Waals surface area contributed by atoms with E-state index in [1.807, 2.05) is 6.07 Å². The first kappa shape index (κ1) is 9.45. The monoisotopic (exact) mass is 206 g/mol.